The predicted octanol–water partition coefficient (Wildman–Crippen LogP) is 4.96. The fraction of sp³-hybridized carbons (Fsp3) is 0.455. The molecule has 0 spiro atoms. The molecule has 0 aliphatic rings. The van der Waals surface area contributed by atoms with Gasteiger partial charge in [-0.05, 0) is 61.7 Å². The van der Waals surface area contributed by atoms with Crippen LogP contribution in [0.4, 0.5) is 0 Å². The molecule has 1 heterocycles. The van der Waals surface area contributed by atoms with Crippen molar-refractivity contribution in [2.45, 2.75) is 51.6 Å². The van der Waals surface area contributed by atoms with Crippen LogP contribution in [0.5, 0.6) is 11.5 Å². The SMILES string of the molecule is C=[P+](C)CC(CCN(CC(C)C)S(=O)(=O)c1ccc(OC)cc1)NC(=O)c1cc(OC)cc(C(=O)N(C)Cc2nc(C)oc2C)c1. The highest BCUT2D eigenvalue weighted by atomic mass is 32.2. The van der Waals surface area contributed by atoms with E-state index in [1.807, 2.05) is 20.5 Å². The average Bonchev–Trinajstić information content (AvgIpc) is 3.33. The maximum Gasteiger partial charge on any atom is 0.254 e. The molecule has 1 N–H and O–H groups in total. The predicted molar refractivity (Wildman–Crippen MR) is 182 cm³/mol. The van der Waals surface area contributed by atoms with Gasteiger partial charge in [0.25, 0.3) is 11.8 Å². The minimum atomic E-state index is -3.80. The highest BCUT2D eigenvalue weighted by Gasteiger charge is 2.28. The van der Waals surface area contributed by atoms with E-state index >= 15 is 0 Å². The van der Waals surface area contributed by atoms with E-state index < -0.39 is 23.5 Å². The molecular formula is C33H46N4O7PS+. The third kappa shape index (κ3) is 9.88. The Morgan fingerprint density at radius 3 is 2.22 bits per heavy atom. The van der Waals surface area contributed by atoms with Crippen LogP contribution in [0.15, 0.2) is 51.8 Å². The van der Waals surface area contributed by atoms with Crippen LogP contribution in [0, 0.1) is 19.8 Å². The first-order chi connectivity index (χ1) is 21.6. The van der Waals surface area contributed by atoms with E-state index in [2.05, 4.69) is 16.6 Å². The molecule has 2 aromatic carbocycles. The van der Waals surface area contributed by atoms with Crippen molar-refractivity contribution >= 4 is 35.7 Å². The van der Waals surface area contributed by atoms with E-state index in [-0.39, 0.29) is 47.0 Å². The van der Waals surface area contributed by atoms with Gasteiger partial charge in [-0.3, -0.25) is 9.59 Å². The zero-order chi connectivity index (χ0) is 34.2. The topological polar surface area (TPSA) is 131 Å². The van der Waals surface area contributed by atoms with Crippen molar-refractivity contribution in [3.05, 3.63) is 70.9 Å². The van der Waals surface area contributed by atoms with E-state index in [9.17, 15) is 18.0 Å². The molecule has 2 unspecified atom stereocenters. The molecule has 3 rings (SSSR count). The molecule has 0 aliphatic heterocycles. The lowest BCUT2D eigenvalue weighted by molar-refractivity contribution is 0.0782. The van der Waals surface area contributed by atoms with Crippen LogP contribution >= 0.6 is 7.55 Å². The number of hydrogen-bond donors (Lipinski definition) is 1. The highest BCUT2D eigenvalue weighted by Crippen LogP contribution is 2.24. The molecule has 13 heteroatoms. The number of aryl methyl sites for hydroxylation is 2. The van der Waals surface area contributed by atoms with E-state index in [1.54, 1.807) is 45.2 Å². The largest absolute Gasteiger partial charge is 0.497 e. The van der Waals surface area contributed by atoms with E-state index in [4.69, 9.17) is 13.9 Å². The van der Waals surface area contributed by atoms with Crippen molar-refractivity contribution in [2.75, 3.05) is 47.2 Å². The smallest absolute Gasteiger partial charge is 0.254 e. The van der Waals surface area contributed by atoms with Crippen molar-refractivity contribution in [3.63, 3.8) is 0 Å². The van der Waals surface area contributed by atoms with E-state index in [0.29, 0.717) is 48.0 Å². The number of carbonyl (C=O) groups is 2. The first kappa shape index (κ1) is 36.7. The standard InChI is InChI=1S/C33H45N4O7PS/c1-22(2)19-37(46(40,41)30-12-10-28(42-6)11-13-30)15-14-27(21-45(8)9)35-32(38)25-16-26(18-29(17-25)43-7)33(39)36(5)20-31-23(3)44-24(4)34-31/h10-13,16-18,22,27H,8,14-15,19-21H2,1-7,9H3/p+1. The summed E-state index contributed by atoms with van der Waals surface area (Å²) in [6, 6.07) is 10.7. The molecule has 250 valence electrons. The lowest BCUT2D eigenvalue weighted by atomic mass is 10.1. The van der Waals surface area contributed by atoms with Gasteiger partial charge in [-0.1, -0.05) is 13.8 Å². The Hall–Kier alpha value is -3.73. The molecule has 0 fully saturated rings. The van der Waals surface area contributed by atoms with Crippen molar-refractivity contribution in [1.82, 2.24) is 19.5 Å². The van der Waals surface area contributed by atoms with Gasteiger partial charge >= 0.3 is 0 Å². The number of methoxy groups -OCH3 is 2. The van der Waals surface area contributed by atoms with Crippen LogP contribution in [-0.4, -0.2) is 93.9 Å². The van der Waals surface area contributed by atoms with Crippen molar-refractivity contribution in [1.29, 1.82) is 0 Å². The normalized spacial score (nSPS) is 12.6. The van der Waals surface area contributed by atoms with Gasteiger partial charge < -0.3 is 24.1 Å². The summed E-state index contributed by atoms with van der Waals surface area (Å²) >= 11 is 0. The molecule has 0 bridgehead atoms. The zero-order valence-electron chi connectivity index (χ0n) is 28.0. The second-order valence-corrected chi connectivity index (χ2v) is 15.8. The van der Waals surface area contributed by atoms with Gasteiger partial charge in [0.1, 0.15) is 29.1 Å². The molecule has 2 atom stereocenters. The Morgan fingerprint density at radius 1 is 1.04 bits per heavy atom. The van der Waals surface area contributed by atoms with Crippen LogP contribution < -0.4 is 14.8 Å². The number of amides is 2. The number of ether oxygens (including phenoxy) is 2. The van der Waals surface area contributed by atoms with E-state index in [1.165, 1.54) is 41.6 Å². The monoisotopic (exact) mass is 673 g/mol. The van der Waals surface area contributed by atoms with Crippen molar-refractivity contribution in [2.24, 2.45) is 5.92 Å². The molecule has 0 saturated heterocycles. The Kier molecular flexibility index (Phi) is 12.9. The minimum Gasteiger partial charge on any atom is -0.497 e. The number of nitrogens with zero attached hydrogens (tertiary/aromatic N) is 3. The van der Waals surface area contributed by atoms with Gasteiger partial charge in [0.05, 0.1) is 52.2 Å². The first-order valence-electron chi connectivity index (χ1n) is 15.0. The zero-order valence-corrected chi connectivity index (χ0v) is 29.7. The van der Waals surface area contributed by atoms with Gasteiger partial charge in [0.2, 0.25) is 10.0 Å². The fourth-order valence-electron chi connectivity index (χ4n) is 4.97. The number of oxazole rings is 1. The number of rotatable bonds is 16. The van der Waals surface area contributed by atoms with Gasteiger partial charge in [-0.2, -0.15) is 4.31 Å². The number of aromatic nitrogens is 1. The van der Waals surface area contributed by atoms with Crippen LogP contribution in [0.1, 0.15) is 58.3 Å². The summed E-state index contributed by atoms with van der Waals surface area (Å²) in [5.74, 6) is 1.46. The Bertz CT molecular complexity index is 1640. The van der Waals surface area contributed by atoms with Crippen molar-refractivity contribution < 1.29 is 31.9 Å². The van der Waals surface area contributed by atoms with Crippen LogP contribution in [0.25, 0.3) is 0 Å². The number of nitrogens with one attached hydrogen (secondary N) is 1. The second kappa shape index (κ2) is 16.2. The summed E-state index contributed by atoms with van der Waals surface area (Å²) in [5, 5.41) is 3.07. The Morgan fingerprint density at radius 2 is 1.67 bits per heavy atom. The van der Waals surface area contributed by atoms with Crippen LogP contribution in [-0.2, 0) is 16.6 Å². The molecular weight excluding hydrogens is 627 g/mol. The van der Waals surface area contributed by atoms with Gasteiger partial charge in [-0.25, -0.2) is 13.4 Å². The first-order valence-corrected chi connectivity index (χ1v) is 18.6. The molecule has 46 heavy (non-hydrogen) atoms. The summed E-state index contributed by atoms with van der Waals surface area (Å²) in [4.78, 5) is 33.0. The third-order valence-corrected chi connectivity index (χ3v) is 10.2. The molecule has 1 aromatic heterocycles. The van der Waals surface area contributed by atoms with Crippen LogP contribution in [0.3, 0.4) is 0 Å². The minimum absolute atomic E-state index is 0.0836. The summed E-state index contributed by atoms with van der Waals surface area (Å²) in [6.07, 6.45) is 5.13. The Labute approximate surface area is 273 Å². The molecule has 0 radical (unpaired) electrons. The summed E-state index contributed by atoms with van der Waals surface area (Å²) in [5.41, 5.74) is 1.19. The fourth-order valence-corrected chi connectivity index (χ4v) is 7.62. The maximum absolute atomic E-state index is 13.6. The lowest BCUT2D eigenvalue weighted by Crippen LogP contribution is -2.42. The molecule has 0 aliphatic carbocycles. The maximum atomic E-state index is 13.6. The summed E-state index contributed by atoms with van der Waals surface area (Å²) < 4.78 is 44.8. The average molecular weight is 674 g/mol. The summed E-state index contributed by atoms with van der Waals surface area (Å²) in [6.45, 7) is 10.2. The third-order valence-electron chi connectivity index (χ3n) is 7.24. The molecule has 3 aromatic rings. The van der Waals surface area contributed by atoms with Gasteiger partial charge in [-0.15, -0.1) is 0 Å². The number of sulfonamides is 1. The van der Waals surface area contributed by atoms with E-state index in [0.717, 1.165) is 0 Å². The number of benzene rings is 2. The van der Waals surface area contributed by atoms with Gasteiger partial charge in [0.15, 0.2) is 5.89 Å². The molecule has 2 amide bonds. The summed E-state index contributed by atoms with van der Waals surface area (Å²) in [7, 11) is 0.186. The number of hydrogen-bond acceptors (Lipinski definition) is 8. The molecule has 11 nitrogen and oxygen atoms in total. The van der Waals surface area contributed by atoms with Gasteiger partial charge in [0, 0.05) is 38.2 Å². The number of carbonyl (C=O) groups excluding carboxylic acids is 2. The molecule has 0 saturated carbocycles. The second-order valence-electron chi connectivity index (χ2n) is 11.8. The lowest BCUT2D eigenvalue weighted by Gasteiger charge is -2.26. The van der Waals surface area contributed by atoms with Crippen molar-refractivity contribution in [3.8, 4) is 11.5 Å². The highest BCUT2D eigenvalue weighted by molar-refractivity contribution is 7.89. The quantitative estimate of drug-likeness (QED) is 0.211. The van der Waals surface area contributed by atoms with Crippen LogP contribution in [0.2, 0.25) is 0 Å². The Balaban J connectivity index is 1.81.